The van der Waals surface area contributed by atoms with Gasteiger partial charge in [-0.2, -0.15) is 5.26 Å². The lowest BCUT2D eigenvalue weighted by molar-refractivity contribution is 0.0931. The predicted molar refractivity (Wildman–Crippen MR) is 141 cm³/mol. The van der Waals surface area contributed by atoms with E-state index < -0.39 is 5.82 Å². The fourth-order valence-electron chi connectivity index (χ4n) is 4.74. The van der Waals surface area contributed by atoms with Crippen LogP contribution in [0.25, 0.3) is 11.1 Å². The first kappa shape index (κ1) is 25.0. The number of nitrogens with zero attached hydrogens (tertiary/aromatic N) is 2. The Morgan fingerprint density at radius 1 is 1.19 bits per heavy atom. The third kappa shape index (κ3) is 5.52. The summed E-state index contributed by atoms with van der Waals surface area (Å²) in [5.74, 6) is 0.0797. The molecule has 5 rings (SSSR count). The Balaban J connectivity index is 1.51. The number of aryl methyl sites for hydroxylation is 1. The van der Waals surface area contributed by atoms with Crippen LogP contribution in [0.2, 0.25) is 0 Å². The molecule has 37 heavy (non-hydrogen) atoms. The van der Waals surface area contributed by atoms with E-state index >= 15 is 0 Å². The summed E-state index contributed by atoms with van der Waals surface area (Å²) in [4.78, 5) is 15.5. The molecule has 3 aromatic carbocycles. The van der Waals surface area contributed by atoms with E-state index in [9.17, 15) is 18.8 Å². The van der Waals surface area contributed by atoms with Crippen molar-refractivity contribution in [1.29, 1.82) is 10.7 Å². The lowest BCUT2D eigenvalue weighted by Crippen LogP contribution is -2.30. The highest BCUT2D eigenvalue weighted by atomic mass is 32.2. The second-order valence-corrected chi connectivity index (χ2v) is 10.7. The van der Waals surface area contributed by atoms with Crippen molar-refractivity contribution in [1.82, 2.24) is 10.2 Å². The number of thioether (sulfide) groups is 1. The molecule has 1 aliphatic carbocycles. The van der Waals surface area contributed by atoms with Gasteiger partial charge in [-0.15, -0.1) is 0 Å². The molecule has 0 bridgehead atoms. The van der Waals surface area contributed by atoms with E-state index in [4.69, 9.17) is 5.41 Å². The van der Waals surface area contributed by atoms with E-state index in [-0.39, 0.29) is 23.3 Å². The highest BCUT2D eigenvalue weighted by Crippen LogP contribution is 2.41. The van der Waals surface area contributed by atoms with Crippen LogP contribution in [0.15, 0.2) is 54.6 Å². The minimum atomic E-state index is -0.501. The van der Waals surface area contributed by atoms with Crippen LogP contribution in [0, 0.1) is 41.2 Å². The zero-order valence-corrected chi connectivity index (χ0v) is 21.2. The zero-order chi connectivity index (χ0) is 26.1. The van der Waals surface area contributed by atoms with Crippen molar-refractivity contribution in [2.45, 2.75) is 32.4 Å². The van der Waals surface area contributed by atoms with Crippen LogP contribution in [0.1, 0.15) is 51.5 Å². The SMILES string of the molecule is Cc1cc([C@@H](NC(=O)c2cc(CN3CCSC3=N)cc(-c3ccc(F)cc3C#N)c2)C2CC2)ccc1F. The maximum Gasteiger partial charge on any atom is 0.251 e. The molecule has 1 amide bonds. The van der Waals surface area contributed by atoms with Crippen LogP contribution in [-0.4, -0.2) is 28.3 Å². The van der Waals surface area contributed by atoms with Crippen LogP contribution < -0.4 is 5.32 Å². The first-order chi connectivity index (χ1) is 17.8. The van der Waals surface area contributed by atoms with Gasteiger partial charge < -0.3 is 10.2 Å². The number of benzene rings is 3. The van der Waals surface area contributed by atoms with Gasteiger partial charge in [0.1, 0.15) is 11.6 Å². The molecule has 1 atom stereocenters. The summed E-state index contributed by atoms with van der Waals surface area (Å²) < 4.78 is 27.7. The fraction of sp³-hybridized carbons (Fsp3) is 0.276. The third-order valence-corrected chi connectivity index (χ3v) is 7.77. The Labute approximate surface area is 219 Å². The maximum atomic E-state index is 13.9. The van der Waals surface area contributed by atoms with Crippen LogP contribution in [0.3, 0.4) is 0 Å². The molecule has 2 aliphatic rings. The number of carbonyl (C=O) groups excluding carboxylic acids is 1. The molecule has 2 fully saturated rings. The molecule has 0 unspecified atom stereocenters. The van der Waals surface area contributed by atoms with Gasteiger partial charge in [0.05, 0.1) is 17.7 Å². The minimum Gasteiger partial charge on any atom is -0.347 e. The highest BCUT2D eigenvalue weighted by molar-refractivity contribution is 8.14. The fourth-order valence-corrected chi connectivity index (χ4v) is 5.58. The summed E-state index contributed by atoms with van der Waals surface area (Å²) in [5, 5.41) is 21.4. The van der Waals surface area contributed by atoms with Crippen LogP contribution >= 0.6 is 11.8 Å². The van der Waals surface area contributed by atoms with Gasteiger partial charge in [0.2, 0.25) is 0 Å². The average Bonchev–Trinajstić information content (AvgIpc) is 3.65. The molecule has 0 radical (unpaired) electrons. The van der Waals surface area contributed by atoms with Gasteiger partial charge >= 0.3 is 0 Å². The number of hydrogen-bond donors (Lipinski definition) is 2. The standard InChI is InChI=1S/C29H26F2N4OS/c1-17-10-20(4-7-26(17)31)27(19-2-3-19)34-28(36)22-12-18(16-35-8-9-37-29(35)33)11-21(13-22)25-6-5-24(30)14-23(25)15-32/h4-7,10-14,19,27,33H,2-3,8-9,16H2,1H3,(H,34,36)/t27-/m0/s1. The third-order valence-electron chi connectivity index (χ3n) is 6.85. The van der Waals surface area contributed by atoms with Crippen LogP contribution in [0.4, 0.5) is 8.78 Å². The highest BCUT2D eigenvalue weighted by Gasteiger charge is 2.34. The summed E-state index contributed by atoms with van der Waals surface area (Å²) >= 11 is 1.48. The number of nitrogens with one attached hydrogen (secondary N) is 2. The van der Waals surface area contributed by atoms with Crippen molar-refractivity contribution in [2.24, 2.45) is 5.92 Å². The Bertz CT molecular complexity index is 1430. The van der Waals surface area contributed by atoms with E-state index in [0.717, 1.165) is 36.3 Å². The lowest BCUT2D eigenvalue weighted by Gasteiger charge is -2.21. The molecule has 8 heteroatoms. The molecule has 0 spiro atoms. The normalized spacial score (nSPS) is 15.9. The number of amides is 1. The monoisotopic (exact) mass is 516 g/mol. The Morgan fingerprint density at radius 2 is 2.00 bits per heavy atom. The summed E-state index contributed by atoms with van der Waals surface area (Å²) in [6.45, 7) is 2.90. The van der Waals surface area contributed by atoms with Crippen molar-refractivity contribution in [3.8, 4) is 17.2 Å². The van der Waals surface area contributed by atoms with Gasteiger partial charge in [0.15, 0.2) is 5.17 Å². The number of rotatable bonds is 7. The summed E-state index contributed by atoms with van der Waals surface area (Å²) in [7, 11) is 0. The molecule has 0 aromatic heterocycles. The minimum absolute atomic E-state index is 0.186. The van der Waals surface area contributed by atoms with Gasteiger partial charge in [0, 0.05) is 24.4 Å². The van der Waals surface area contributed by atoms with Crippen LogP contribution in [0.5, 0.6) is 0 Å². The smallest absolute Gasteiger partial charge is 0.251 e. The summed E-state index contributed by atoms with van der Waals surface area (Å²) in [6.07, 6.45) is 1.98. The largest absolute Gasteiger partial charge is 0.347 e. The topological polar surface area (TPSA) is 80.0 Å². The predicted octanol–water partition coefficient (Wildman–Crippen LogP) is 6.18. The molecular weight excluding hydrogens is 490 g/mol. The second kappa shape index (κ2) is 10.3. The number of hydrogen-bond acceptors (Lipinski definition) is 4. The number of halogens is 2. The van der Waals surface area contributed by atoms with E-state index in [0.29, 0.717) is 39.9 Å². The summed E-state index contributed by atoms with van der Waals surface area (Å²) in [5.41, 5.74) is 4.02. The maximum absolute atomic E-state index is 13.9. The molecule has 1 aliphatic heterocycles. The van der Waals surface area contributed by atoms with E-state index in [2.05, 4.69) is 11.4 Å². The van der Waals surface area contributed by atoms with Crippen molar-refractivity contribution in [3.05, 3.63) is 94.0 Å². The van der Waals surface area contributed by atoms with Crippen molar-refractivity contribution in [3.63, 3.8) is 0 Å². The van der Waals surface area contributed by atoms with E-state index in [1.165, 1.54) is 30.0 Å². The molecule has 1 saturated carbocycles. The first-order valence-corrected chi connectivity index (χ1v) is 13.2. The summed E-state index contributed by atoms with van der Waals surface area (Å²) in [6, 6.07) is 16.2. The second-order valence-electron chi connectivity index (χ2n) is 9.59. The number of amidine groups is 1. The lowest BCUT2D eigenvalue weighted by atomic mass is 9.95. The molecule has 188 valence electrons. The average molecular weight is 517 g/mol. The van der Waals surface area contributed by atoms with E-state index in [1.807, 2.05) is 17.0 Å². The van der Waals surface area contributed by atoms with Crippen molar-refractivity contribution >= 4 is 22.8 Å². The molecule has 2 N–H and O–H groups in total. The molecule has 1 saturated heterocycles. The van der Waals surface area contributed by atoms with E-state index in [1.54, 1.807) is 31.2 Å². The van der Waals surface area contributed by atoms with Crippen LogP contribution in [-0.2, 0) is 6.54 Å². The number of carbonyl (C=O) groups is 1. The molecular formula is C29H26F2N4OS. The Morgan fingerprint density at radius 3 is 2.68 bits per heavy atom. The number of nitriles is 1. The van der Waals surface area contributed by atoms with Gasteiger partial charge in [-0.3, -0.25) is 10.2 Å². The molecule has 5 nitrogen and oxygen atoms in total. The van der Waals surface area contributed by atoms with Gasteiger partial charge in [-0.05, 0) is 89.9 Å². The Kier molecular flexibility index (Phi) is 6.98. The van der Waals surface area contributed by atoms with Crippen molar-refractivity contribution in [2.75, 3.05) is 12.3 Å². The zero-order valence-electron chi connectivity index (χ0n) is 20.4. The van der Waals surface area contributed by atoms with Gasteiger partial charge in [0.25, 0.3) is 5.91 Å². The molecule has 1 heterocycles. The quantitative estimate of drug-likeness (QED) is 0.393. The molecule has 3 aromatic rings. The van der Waals surface area contributed by atoms with Crippen molar-refractivity contribution < 1.29 is 13.6 Å². The van der Waals surface area contributed by atoms with Gasteiger partial charge in [-0.1, -0.05) is 30.0 Å². The Hall–Kier alpha value is -3.70. The van der Waals surface area contributed by atoms with Gasteiger partial charge in [-0.25, -0.2) is 8.78 Å². The first-order valence-electron chi connectivity index (χ1n) is 12.2.